The van der Waals surface area contributed by atoms with Gasteiger partial charge in [-0.2, -0.15) is 0 Å². The van der Waals surface area contributed by atoms with Gasteiger partial charge in [0.25, 0.3) is 0 Å². The molecule has 0 aliphatic carbocycles. The van der Waals surface area contributed by atoms with Crippen molar-refractivity contribution in [2.24, 2.45) is 0 Å². The molecule has 0 aliphatic heterocycles. The van der Waals surface area contributed by atoms with E-state index in [-0.39, 0.29) is 10.6 Å². The summed E-state index contributed by atoms with van der Waals surface area (Å²) in [7, 11) is -3.40. The van der Waals surface area contributed by atoms with Crippen LogP contribution in [0.1, 0.15) is 31.9 Å². The third-order valence-electron chi connectivity index (χ3n) is 3.26. The quantitative estimate of drug-likeness (QED) is 0.598. The Hall–Kier alpha value is -2.40. The minimum atomic E-state index is -3.40. The van der Waals surface area contributed by atoms with E-state index < -0.39 is 21.4 Å². The van der Waals surface area contributed by atoms with E-state index in [1.807, 2.05) is 18.2 Å². The lowest BCUT2D eigenvalue weighted by Crippen LogP contribution is -2.22. The van der Waals surface area contributed by atoms with Gasteiger partial charge in [0.1, 0.15) is 5.60 Å². The lowest BCUT2D eigenvalue weighted by atomic mass is 10.2. The third kappa shape index (κ3) is 6.19. The molecule has 0 aliphatic rings. The van der Waals surface area contributed by atoms with E-state index in [0.717, 1.165) is 11.1 Å². The van der Waals surface area contributed by atoms with Crippen molar-refractivity contribution in [2.75, 3.05) is 0 Å². The molecule has 4 nitrogen and oxygen atoms in total. The first-order chi connectivity index (χ1) is 11.7. The largest absolute Gasteiger partial charge is 0.457 e. The van der Waals surface area contributed by atoms with Gasteiger partial charge in [-0.15, -0.1) is 0 Å². The molecule has 0 N–H and O–H groups in total. The molecule has 0 fully saturated rings. The summed E-state index contributed by atoms with van der Waals surface area (Å²) in [5, 5.41) is 0. The smallest absolute Gasteiger partial charge is 0.331 e. The van der Waals surface area contributed by atoms with E-state index in [9.17, 15) is 13.2 Å². The van der Waals surface area contributed by atoms with Crippen molar-refractivity contribution in [3.8, 4) is 0 Å². The Morgan fingerprint density at radius 1 is 1.00 bits per heavy atom. The molecule has 25 heavy (non-hydrogen) atoms. The molecule has 2 aromatic carbocycles. The molecule has 0 unspecified atom stereocenters. The summed E-state index contributed by atoms with van der Waals surface area (Å²) in [4.78, 5) is 11.9. The molecule has 5 heteroatoms. The van der Waals surface area contributed by atoms with Gasteiger partial charge >= 0.3 is 5.97 Å². The second kappa shape index (κ2) is 7.66. The van der Waals surface area contributed by atoms with Crippen molar-refractivity contribution in [1.82, 2.24) is 0 Å². The van der Waals surface area contributed by atoms with Crippen LogP contribution in [0, 0.1) is 0 Å². The minimum Gasteiger partial charge on any atom is -0.457 e. The molecule has 132 valence electrons. The van der Waals surface area contributed by atoms with Crippen molar-refractivity contribution in [3.05, 3.63) is 71.8 Å². The number of carbonyl (C=O) groups excluding carboxylic acids is 1. The lowest BCUT2D eigenvalue weighted by molar-refractivity contribution is -0.148. The Kier molecular flexibility index (Phi) is 5.80. The highest BCUT2D eigenvalue weighted by atomic mass is 32.2. The molecule has 0 radical (unpaired) electrons. The number of rotatable bonds is 5. The average molecular weight is 358 g/mol. The van der Waals surface area contributed by atoms with Crippen LogP contribution in [0.5, 0.6) is 0 Å². The van der Waals surface area contributed by atoms with Crippen LogP contribution in [0.4, 0.5) is 0 Å². The first-order valence-corrected chi connectivity index (χ1v) is 9.59. The number of carbonyl (C=O) groups is 1. The van der Waals surface area contributed by atoms with Gasteiger partial charge < -0.3 is 4.74 Å². The van der Waals surface area contributed by atoms with Gasteiger partial charge in [-0.3, -0.25) is 0 Å². The molecule has 0 bridgehead atoms. The fraction of sp³-hybridized carbons (Fsp3) is 0.250. The van der Waals surface area contributed by atoms with Crippen LogP contribution >= 0.6 is 0 Å². The average Bonchev–Trinajstić information content (AvgIpc) is 2.52. The van der Waals surface area contributed by atoms with E-state index >= 15 is 0 Å². The van der Waals surface area contributed by atoms with E-state index in [1.165, 1.54) is 6.08 Å². The predicted octanol–water partition coefficient (Wildman–Crippen LogP) is 4.02. The summed E-state index contributed by atoms with van der Waals surface area (Å²) in [6.07, 6.45) is 2.93. The zero-order valence-electron chi connectivity index (χ0n) is 14.6. The second-order valence-electron chi connectivity index (χ2n) is 6.68. The summed E-state index contributed by atoms with van der Waals surface area (Å²) in [5.41, 5.74) is 0.928. The summed E-state index contributed by atoms with van der Waals surface area (Å²) in [6, 6.07) is 15.5. The van der Waals surface area contributed by atoms with E-state index in [2.05, 4.69) is 0 Å². The minimum absolute atomic E-state index is 0.0407. The molecule has 0 saturated heterocycles. The van der Waals surface area contributed by atoms with Crippen LogP contribution in [0.3, 0.4) is 0 Å². The maximum Gasteiger partial charge on any atom is 0.331 e. The molecule has 0 amide bonds. The summed E-state index contributed by atoms with van der Waals surface area (Å²) >= 11 is 0. The predicted molar refractivity (Wildman–Crippen MR) is 98.7 cm³/mol. The number of hydrogen-bond donors (Lipinski definition) is 0. The maximum atomic E-state index is 12.4. The second-order valence-corrected chi connectivity index (χ2v) is 8.67. The number of sulfone groups is 1. The first kappa shape index (κ1) is 18.9. The van der Waals surface area contributed by atoms with Gasteiger partial charge in [-0.05, 0) is 50.1 Å². The Morgan fingerprint density at radius 2 is 1.60 bits per heavy atom. The number of benzene rings is 2. The van der Waals surface area contributed by atoms with Gasteiger partial charge in [0.2, 0.25) is 0 Å². The first-order valence-electron chi connectivity index (χ1n) is 7.93. The fourth-order valence-corrected chi connectivity index (χ4v) is 3.51. The van der Waals surface area contributed by atoms with Crippen LogP contribution in [0.2, 0.25) is 0 Å². The third-order valence-corrected chi connectivity index (χ3v) is 4.96. The molecular weight excluding hydrogens is 336 g/mol. The molecule has 0 heterocycles. The SMILES string of the molecule is CC(C)(C)OC(=O)/C=C/c1ccc(S(=O)(=O)Cc2ccccc2)cc1. The molecular formula is C20H22O4S. The summed E-state index contributed by atoms with van der Waals surface area (Å²) in [5.74, 6) is -0.478. The van der Waals surface area contributed by atoms with Gasteiger partial charge in [0, 0.05) is 6.08 Å². The van der Waals surface area contributed by atoms with Crippen LogP contribution in [0.25, 0.3) is 6.08 Å². The number of esters is 1. The van der Waals surface area contributed by atoms with Gasteiger partial charge in [-0.1, -0.05) is 42.5 Å². The normalized spacial score (nSPS) is 12.3. The molecule has 2 aromatic rings. The fourth-order valence-electron chi connectivity index (χ4n) is 2.16. The lowest BCUT2D eigenvalue weighted by Gasteiger charge is -2.17. The zero-order valence-corrected chi connectivity index (χ0v) is 15.4. The Labute approximate surface area is 149 Å². The van der Waals surface area contributed by atoms with Gasteiger partial charge in [0.15, 0.2) is 9.84 Å². The Bertz CT molecular complexity index is 843. The van der Waals surface area contributed by atoms with E-state index in [1.54, 1.807) is 63.2 Å². The zero-order chi connectivity index (χ0) is 18.5. The summed E-state index contributed by atoms with van der Waals surface area (Å²) < 4.78 is 30.1. The monoisotopic (exact) mass is 358 g/mol. The Morgan fingerprint density at radius 3 is 2.16 bits per heavy atom. The topological polar surface area (TPSA) is 60.4 Å². The highest BCUT2D eigenvalue weighted by Gasteiger charge is 2.15. The van der Waals surface area contributed by atoms with Crippen LogP contribution in [-0.2, 0) is 25.1 Å². The maximum absolute atomic E-state index is 12.4. The van der Waals surface area contributed by atoms with Crippen molar-refractivity contribution in [3.63, 3.8) is 0 Å². The molecule has 2 rings (SSSR count). The molecule has 0 atom stereocenters. The van der Waals surface area contributed by atoms with Crippen LogP contribution in [0.15, 0.2) is 65.6 Å². The summed E-state index contributed by atoms with van der Waals surface area (Å²) in [6.45, 7) is 5.39. The van der Waals surface area contributed by atoms with Crippen molar-refractivity contribution < 1.29 is 17.9 Å². The molecule has 0 aromatic heterocycles. The molecule has 0 spiro atoms. The Balaban J connectivity index is 2.07. The van der Waals surface area contributed by atoms with Crippen molar-refractivity contribution >= 4 is 21.9 Å². The van der Waals surface area contributed by atoms with Crippen molar-refractivity contribution in [2.45, 2.75) is 37.0 Å². The van der Waals surface area contributed by atoms with Gasteiger partial charge in [0.05, 0.1) is 10.6 Å². The highest BCUT2D eigenvalue weighted by molar-refractivity contribution is 7.90. The van der Waals surface area contributed by atoms with Crippen LogP contribution in [-0.4, -0.2) is 20.0 Å². The molecule has 0 saturated carbocycles. The standard InChI is InChI=1S/C20H22O4S/c1-20(2,3)24-19(21)14-11-16-9-12-18(13-10-16)25(22,23)15-17-7-5-4-6-8-17/h4-14H,15H2,1-3H3/b14-11+. The van der Waals surface area contributed by atoms with Crippen molar-refractivity contribution in [1.29, 1.82) is 0 Å². The van der Waals surface area contributed by atoms with E-state index in [0.29, 0.717) is 0 Å². The number of ether oxygens (including phenoxy) is 1. The van der Waals surface area contributed by atoms with E-state index in [4.69, 9.17) is 4.74 Å². The highest BCUT2D eigenvalue weighted by Crippen LogP contribution is 2.18. The van der Waals surface area contributed by atoms with Crippen LogP contribution < -0.4 is 0 Å². The number of hydrogen-bond acceptors (Lipinski definition) is 4. The van der Waals surface area contributed by atoms with Gasteiger partial charge in [-0.25, -0.2) is 13.2 Å².